The second-order valence-electron chi connectivity index (χ2n) is 8.34. The molecule has 0 fully saturated rings. The van der Waals surface area contributed by atoms with Crippen molar-refractivity contribution in [1.29, 1.82) is 0 Å². The van der Waals surface area contributed by atoms with Crippen LogP contribution in [-0.2, 0) is 11.8 Å². The fourth-order valence-electron chi connectivity index (χ4n) is 4.10. The molecule has 162 valence electrons. The standard InChI is InChI=1S/C24H26ClN3O3/c1-14-9-16(10-20(25)22(14)31-8-7-29)27-23-26-13-15-12-24(2,3)19-6-5-17(30-4)11-18(19)21(15)28-23/h5-6,9-11,13,29H,7-8,12H2,1-4H3,(H,26,27,28). The van der Waals surface area contributed by atoms with Gasteiger partial charge in [-0.15, -0.1) is 0 Å². The lowest BCUT2D eigenvalue weighted by Gasteiger charge is -2.33. The summed E-state index contributed by atoms with van der Waals surface area (Å²) in [7, 11) is 1.67. The van der Waals surface area contributed by atoms with Crippen LogP contribution >= 0.6 is 11.6 Å². The van der Waals surface area contributed by atoms with Gasteiger partial charge in [-0.2, -0.15) is 0 Å². The number of nitrogens with one attached hydrogen (secondary N) is 1. The van der Waals surface area contributed by atoms with E-state index in [1.807, 2.05) is 31.3 Å². The van der Waals surface area contributed by atoms with Crippen LogP contribution in [0.25, 0.3) is 11.3 Å². The smallest absolute Gasteiger partial charge is 0.227 e. The molecule has 0 amide bonds. The number of hydrogen-bond acceptors (Lipinski definition) is 6. The lowest BCUT2D eigenvalue weighted by atomic mass is 9.72. The summed E-state index contributed by atoms with van der Waals surface area (Å²) in [5.74, 6) is 1.86. The van der Waals surface area contributed by atoms with Gasteiger partial charge in [0, 0.05) is 17.4 Å². The van der Waals surface area contributed by atoms with Gasteiger partial charge in [-0.05, 0) is 59.7 Å². The fraction of sp³-hybridized carbons (Fsp3) is 0.333. The molecule has 0 saturated carbocycles. The summed E-state index contributed by atoms with van der Waals surface area (Å²) in [6.45, 7) is 6.50. The van der Waals surface area contributed by atoms with Crippen LogP contribution in [0, 0.1) is 6.92 Å². The summed E-state index contributed by atoms with van der Waals surface area (Å²) in [6.07, 6.45) is 2.76. The molecule has 0 bridgehead atoms. The molecule has 3 aromatic rings. The topological polar surface area (TPSA) is 76.5 Å². The Bertz CT molecular complexity index is 1110. The molecule has 1 heterocycles. The summed E-state index contributed by atoms with van der Waals surface area (Å²) in [4.78, 5) is 9.38. The normalized spacial score (nSPS) is 13.9. The molecule has 0 unspecified atom stereocenters. The first-order valence-electron chi connectivity index (χ1n) is 10.2. The number of halogens is 1. The Kier molecular flexibility index (Phi) is 5.77. The largest absolute Gasteiger partial charge is 0.497 e. The van der Waals surface area contributed by atoms with Crippen molar-refractivity contribution in [2.45, 2.75) is 32.6 Å². The van der Waals surface area contributed by atoms with Crippen LogP contribution in [0.3, 0.4) is 0 Å². The maximum absolute atomic E-state index is 8.99. The highest BCUT2D eigenvalue weighted by atomic mass is 35.5. The summed E-state index contributed by atoms with van der Waals surface area (Å²) in [6, 6.07) is 9.85. The SMILES string of the molecule is COc1ccc2c(c1)-c1nc(Nc3cc(C)c(OCCO)c(Cl)c3)ncc1CC2(C)C. The van der Waals surface area contributed by atoms with Gasteiger partial charge in [-0.3, -0.25) is 0 Å². The quantitative estimate of drug-likeness (QED) is 0.559. The molecule has 7 heteroatoms. The van der Waals surface area contributed by atoms with E-state index in [0.717, 1.165) is 40.2 Å². The van der Waals surface area contributed by atoms with E-state index in [2.05, 4.69) is 30.2 Å². The zero-order valence-electron chi connectivity index (χ0n) is 18.1. The number of aryl methyl sites for hydroxylation is 1. The van der Waals surface area contributed by atoms with Gasteiger partial charge in [-0.1, -0.05) is 31.5 Å². The number of rotatable bonds is 6. The van der Waals surface area contributed by atoms with Gasteiger partial charge >= 0.3 is 0 Å². The van der Waals surface area contributed by atoms with E-state index in [1.54, 1.807) is 13.2 Å². The molecular formula is C24H26ClN3O3. The molecule has 2 N–H and O–H groups in total. The van der Waals surface area contributed by atoms with E-state index in [-0.39, 0.29) is 18.6 Å². The van der Waals surface area contributed by atoms with Gasteiger partial charge in [-0.25, -0.2) is 9.97 Å². The van der Waals surface area contributed by atoms with Crippen molar-refractivity contribution in [1.82, 2.24) is 9.97 Å². The van der Waals surface area contributed by atoms with Crippen LogP contribution in [0.1, 0.15) is 30.5 Å². The molecule has 0 radical (unpaired) electrons. The van der Waals surface area contributed by atoms with Crippen molar-refractivity contribution in [2.24, 2.45) is 0 Å². The highest BCUT2D eigenvalue weighted by Crippen LogP contribution is 2.43. The zero-order valence-corrected chi connectivity index (χ0v) is 18.9. The Hall–Kier alpha value is -2.83. The van der Waals surface area contributed by atoms with Gasteiger partial charge in [0.2, 0.25) is 5.95 Å². The number of ether oxygens (including phenoxy) is 2. The molecule has 6 nitrogen and oxygen atoms in total. The molecular weight excluding hydrogens is 414 g/mol. The first kappa shape index (κ1) is 21.4. The van der Waals surface area contributed by atoms with Crippen molar-refractivity contribution in [3.05, 3.63) is 58.2 Å². The minimum atomic E-state index is -0.0677. The van der Waals surface area contributed by atoms with E-state index < -0.39 is 0 Å². The van der Waals surface area contributed by atoms with Crippen molar-refractivity contribution in [2.75, 3.05) is 25.6 Å². The third-order valence-corrected chi connectivity index (χ3v) is 5.81. The molecule has 31 heavy (non-hydrogen) atoms. The average molecular weight is 440 g/mol. The summed E-state index contributed by atoms with van der Waals surface area (Å²) in [5.41, 5.74) is 5.95. The molecule has 1 aliphatic carbocycles. The molecule has 1 aromatic heterocycles. The zero-order chi connectivity index (χ0) is 22.2. The van der Waals surface area contributed by atoms with Crippen molar-refractivity contribution in [3.63, 3.8) is 0 Å². The van der Waals surface area contributed by atoms with E-state index in [4.69, 9.17) is 31.2 Å². The minimum absolute atomic E-state index is 0.0120. The first-order chi connectivity index (χ1) is 14.8. The number of hydrogen-bond donors (Lipinski definition) is 2. The van der Waals surface area contributed by atoms with Gasteiger partial charge in [0.25, 0.3) is 0 Å². The maximum Gasteiger partial charge on any atom is 0.227 e. The third-order valence-electron chi connectivity index (χ3n) is 5.53. The van der Waals surface area contributed by atoms with Gasteiger partial charge in [0.1, 0.15) is 18.1 Å². The molecule has 0 aliphatic heterocycles. The van der Waals surface area contributed by atoms with E-state index in [1.165, 1.54) is 5.56 Å². The van der Waals surface area contributed by atoms with Crippen LogP contribution in [0.4, 0.5) is 11.6 Å². The first-order valence-corrected chi connectivity index (χ1v) is 10.6. The highest BCUT2D eigenvalue weighted by molar-refractivity contribution is 6.32. The van der Waals surface area contributed by atoms with Crippen LogP contribution in [0.5, 0.6) is 11.5 Å². The van der Waals surface area contributed by atoms with E-state index in [0.29, 0.717) is 16.7 Å². The van der Waals surface area contributed by atoms with Crippen LogP contribution in [0.15, 0.2) is 36.5 Å². The Morgan fingerprint density at radius 2 is 2.03 bits per heavy atom. The lowest BCUT2D eigenvalue weighted by molar-refractivity contribution is 0.201. The number of aliphatic hydroxyl groups is 1. The average Bonchev–Trinajstić information content (AvgIpc) is 2.73. The molecule has 2 aromatic carbocycles. The van der Waals surface area contributed by atoms with E-state index >= 15 is 0 Å². The van der Waals surface area contributed by atoms with Gasteiger partial charge < -0.3 is 19.9 Å². The van der Waals surface area contributed by atoms with Crippen LogP contribution < -0.4 is 14.8 Å². The number of aromatic nitrogens is 2. The second kappa shape index (κ2) is 8.36. The summed E-state index contributed by atoms with van der Waals surface area (Å²) >= 11 is 6.38. The van der Waals surface area contributed by atoms with Crippen molar-refractivity contribution in [3.8, 4) is 22.8 Å². The molecule has 0 saturated heterocycles. The summed E-state index contributed by atoms with van der Waals surface area (Å²) in [5, 5.41) is 12.7. The van der Waals surface area contributed by atoms with Crippen molar-refractivity contribution < 1.29 is 14.6 Å². The number of fused-ring (bicyclic) bond motifs is 3. The Balaban J connectivity index is 1.69. The number of benzene rings is 2. The second-order valence-corrected chi connectivity index (χ2v) is 8.75. The molecule has 1 aliphatic rings. The van der Waals surface area contributed by atoms with E-state index in [9.17, 15) is 0 Å². The molecule has 0 atom stereocenters. The number of anilines is 2. The molecule has 4 rings (SSSR count). The fourth-order valence-corrected chi connectivity index (χ4v) is 4.42. The van der Waals surface area contributed by atoms with Gasteiger partial charge in [0.05, 0.1) is 24.4 Å². The predicted octanol–water partition coefficient (Wildman–Crippen LogP) is 5.06. The predicted molar refractivity (Wildman–Crippen MR) is 123 cm³/mol. The molecule has 0 spiro atoms. The Labute approximate surface area is 187 Å². The van der Waals surface area contributed by atoms with Crippen molar-refractivity contribution >= 4 is 23.2 Å². The minimum Gasteiger partial charge on any atom is -0.497 e. The number of nitrogens with zero attached hydrogens (tertiary/aromatic N) is 2. The van der Waals surface area contributed by atoms with Crippen LogP contribution in [-0.4, -0.2) is 35.4 Å². The third kappa shape index (κ3) is 4.18. The summed E-state index contributed by atoms with van der Waals surface area (Å²) < 4.78 is 11.0. The highest BCUT2D eigenvalue weighted by Gasteiger charge is 2.32. The van der Waals surface area contributed by atoms with Crippen LogP contribution in [0.2, 0.25) is 5.02 Å². The Morgan fingerprint density at radius 3 is 2.74 bits per heavy atom. The Morgan fingerprint density at radius 1 is 1.23 bits per heavy atom. The van der Waals surface area contributed by atoms with Gasteiger partial charge in [0.15, 0.2) is 0 Å². The number of methoxy groups -OCH3 is 1. The number of aliphatic hydroxyl groups excluding tert-OH is 1. The lowest BCUT2D eigenvalue weighted by Crippen LogP contribution is -2.26. The maximum atomic E-state index is 8.99. The monoisotopic (exact) mass is 439 g/mol.